The van der Waals surface area contributed by atoms with Gasteiger partial charge in [-0.2, -0.15) is 0 Å². The fourth-order valence-electron chi connectivity index (χ4n) is 1.36. The summed E-state index contributed by atoms with van der Waals surface area (Å²) in [6.45, 7) is 24.0. The molecule has 1 aliphatic rings. The molecular weight excluding hydrogens is 240 g/mol. The molecule has 0 bridgehead atoms. The van der Waals surface area contributed by atoms with Crippen molar-refractivity contribution < 1.29 is 0 Å². The van der Waals surface area contributed by atoms with Crippen LogP contribution < -0.4 is 0 Å². The molecule has 0 amide bonds. The van der Waals surface area contributed by atoms with Gasteiger partial charge in [-0.1, -0.05) is 90.2 Å². The van der Waals surface area contributed by atoms with Crippen LogP contribution in [0.25, 0.3) is 0 Å². The van der Waals surface area contributed by atoms with E-state index in [1.165, 1.54) is 11.1 Å². The van der Waals surface area contributed by atoms with E-state index in [1.54, 1.807) is 0 Å². The Morgan fingerprint density at radius 2 is 1.40 bits per heavy atom. The van der Waals surface area contributed by atoms with Crippen LogP contribution in [-0.2, 0) is 0 Å². The lowest BCUT2D eigenvalue weighted by molar-refractivity contribution is 0.919. The number of hydrogen-bond donors (Lipinski definition) is 0. The van der Waals surface area contributed by atoms with Crippen LogP contribution in [0.3, 0.4) is 0 Å². The molecule has 20 heavy (non-hydrogen) atoms. The fraction of sp³-hybridized carbons (Fsp3) is 0.500. The average Bonchev–Trinajstić information content (AvgIpc) is 2.51. The first-order valence-corrected chi connectivity index (χ1v) is 7.99. The second-order valence-corrected chi connectivity index (χ2v) is 3.91. The monoisotopic (exact) mass is 276 g/mol. The van der Waals surface area contributed by atoms with Crippen molar-refractivity contribution in [3.05, 3.63) is 59.8 Å². The summed E-state index contributed by atoms with van der Waals surface area (Å²) >= 11 is 0. The number of hydrogen-bond acceptors (Lipinski definition) is 0. The molecule has 0 aromatic carbocycles. The Hall–Kier alpha value is -1.30. The Morgan fingerprint density at radius 1 is 0.900 bits per heavy atom. The van der Waals surface area contributed by atoms with Gasteiger partial charge in [-0.05, 0) is 37.8 Å². The minimum atomic E-state index is 1.06. The van der Waals surface area contributed by atoms with E-state index >= 15 is 0 Å². The van der Waals surface area contributed by atoms with Crippen molar-refractivity contribution in [2.45, 2.75) is 68.2 Å². The fourth-order valence-corrected chi connectivity index (χ4v) is 1.36. The third kappa shape index (κ3) is 13.1. The lowest BCUT2D eigenvalue weighted by Gasteiger charge is -2.11. The van der Waals surface area contributed by atoms with Gasteiger partial charge in [-0.15, -0.1) is 0 Å². The predicted molar refractivity (Wildman–Crippen MR) is 98.2 cm³/mol. The lowest BCUT2D eigenvalue weighted by atomic mass is 9.94. The van der Waals surface area contributed by atoms with Gasteiger partial charge < -0.3 is 0 Å². The van der Waals surface area contributed by atoms with Gasteiger partial charge in [0.25, 0.3) is 0 Å². The quantitative estimate of drug-likeness (QED) is 0.470. The number of allylic oxidation sites excluding steroid dienone is 8. The molecule has 0 saturated carbocycles. The van der Waals surface area contributed by atoms with Gasteiger partial charge in [0.2, 0.25) is 0 Å². The highest BCUT2D eigenvalue weighted by Crippen LogP contribution is 2.23. The van der Waals surface area contributed by atoms with Gasteiger partial charge in [0, 0.05) is 0 Å². The van der Waals surface area contributed by atoms with E-state index in [0.29, 0.717) is 0 Å². The van der Waals surface area contributed by atoms with E-state index in [9.17, 15) is 0 Å². The lowest BCUT2D eigenvalue weighted by Crippen LogP contribution is -1.92. The van der Waals surface area contributed by atoms with E-state index in [-0.39, 0.29) is 0 Å². The Bertz CT molecular complexity index is 335. The normalized spacial score (nSPS) is 12.4. The highest BCUT2D eigenvalue weighted by Gasteiger charge is 2.04. The van der Waals surface area contributed by atoms with Gasteiger partial charge in [-0.3, -0.25) is 0 Å². The topological polar surface area (TPSA) is 0 Å². The van der Waals surface area contributed by atoms with Crippen LogP contribution in [0.5, 0.6) is 0 Å². The SMILES string of the molecule is C=C(C)/C=C\C(=C)C1=CC=C(C)CC1.CC.CC.CC. The van der Waals surface area contributed by atoms with Crippen molar-refractivity contribution in [3.8, 4) is 0 Å². The van der Waals surface area contributed by atoms with Crippen LogP contribution in [0.15, 0.2) is 59.8 Å². The van der Waals surface area contributed by atoms with E-state index in [4.69, 9.17) is 0 Å². The Balaban J connectivity index is -0.000000425. The maximum absolute atomic E-state index is 4.05. The minimum Gasteiger partial charge on any atom is -0.0961 e. The van der Waals surface area contributed by atoms with Crippen LogP contribution in [0.4, 0.5) is 0 Å². The summed E-state index contributed by atoms with van der Waals surface area (Å²) in [4.78, 5) is 0. The summed E-state index contributed by atoms with van der Waals surface area (Å²) in [5.41, 5.74) is 4.96. The van der Waals surface area contributed by atoms with E-state index in [1.807, 2.05) is 60.6 Å². The van der Waals surface area contributed by atoms with Gasteiger partial charge >= 0.3 is 0 Å². The predicted octanol–water partition coefficient (Wildman–Crippen LogP) is 7.42. The summed E-state index contributed by atoms with van der Waals surface area (Å²) < 4.78 is 0. The smallest absolute Gasteiger partial charge is 0.0236 e. The first kappa shape index (κ1) is 23.8. The van der Waals surface area contributed by atoms with Crippen LogP contribution in [0, 0.1) is 0 Å². The Kier molecular flexibility index (Phi) is 21.0. The summed E-state index contributed by atoms with van der Waals surface area (Å²) in [5.74, 6) is 0. The maximum atomic E-state index is 4.05. The molecule has 0 heterocycles. The maximum Gasteiger partial charge on any atom is -0.0236 e. The first-order chi connectivity index (χ1) is 9.59. The van der Waals surface area contributed by atoms with Crippen molar-refractivity contribution >= 4 is 0 Å². The standard InChI is InChI=1S/C14H18.3C2H6/c1-11(2)5-8-13(4)14-9-6-12(3)7-10-14;3*1-2/h5-6,8-9H,1,4,7,10H2,2-3H3;3*1-2H3/b8-5-;;;. The zero-order valence-corrected chi connectivity index (χ0v) is 15.1. The zero-order chi connectivity index (χ0) is 16.6. The summed E-state index contributed by atoms with van der Waals surface area (Å²) in [5, 5.41) is 0. The van der Waals surface area contributed by atoms with Crippen LogP contribution in [-0.4, -0.2) is 0 Å². The molecule has 0 radical (unpaired) electrons. The summed E-state index contributed by atoms with van der Waals surface area (Å²) in [7, 11) is 0. The highest BCUT2D eigenvalue weighted by molar-refractivity contribution is 5.43. The second-order valence-electron chi connectivity index (χ2n) is 3.91. The highest BCUT2D eigenvalue weighted by atomic mass is 14.1. The van der Waals surface area contributed by atoms with Crippen molar-refractivity contribution in [1.29, 1.82) is 0 Å². The van der Waals surface area contributed by atoms with Crippen LogP contribution >= 0.6 is 0 Å². The van der Waals surface area contributed by atoms with Gasteiger partial charge in [0.1, 0.15) is 0 Å². The van der Waals surface area contributed by atoms with E-state index in [0.717, 1.165) is 24.0 Å². The molecule has 0 N–H and O–H groups in total. The molecule has 0 fully saturated rings. The molecule has 0 aromatic rings. The molecule has 116 valence electrons. The van der Waals surface area contributed by atoms with Crippen molar-refractivity contribution in [3.63, 3.8) is 0 Å². The van der Waals surface area contributed by atoms with Crippen LogP contribution in [0.2, 0.25) is 0 Å². The molecule has 1 aliphatic carbocycles. The van der Waals surface area contributed by atoms with Gasteiger partial charge in [0.15, 0.2) is 0 Å². The summed E-state index contributed by atoms with van der Waals surface area (Å²) in [6, 6.07) is 0. The van der Waals surface area contributed by atoms with E-state index in [2.05, 4.69) is 32.2 Å². The third-order valence-corrected chi connectivity index (χ3v) is 2.34. The molecule has 0 spiro atoms. The van der Waals surface area contributed by atoms with Crippen LogP contribution in [0.1, 0.15) is 68.2 Å². The zero-order valence-electron chi connectivity index (χ0n) is 15.1. The van der Waals surface area contributed by atoms with Crippen molar-refractivity contribution in [2.75, 3.05) is 0 Å². The second kappa shape index (κ2) is 17.7. The molecule has 0 nitrogen and oxygen atoms in total. The molecule has 0 unspecified atom stereocenters. The van der Waals surface area contributed by atoms with Gasteiger partial charge in [0.05, 0.1) is 0 Å². The molecule has 0 atom stereocenters. The molecule has 0 aliphatic heterocycles. The minimum absolute atomic E-state index is 1.06. The molecule has 0 heteroatoms. The largest absolute Gasteiger partial charge is 0.0961 e. The first-order valence-electron chi connectivity index (χ1n) is 7.99. The molecule has 1 rings (SSSR count). The molecule has 0 saturated heterocycles. The third-order valence-electron chi connectivity index (χ3n) is 2.34. The number of rotatable bonds is 3. The van der Waals surface area contributed by atoms with Crippen molar-refractivity contribution in [1.82, 2.24) is 0 Å². The molecular formula is C20H36. The Labute approximate surface area is 128 Å². The molecule has 0 aromatic heterocycles. The average molecular weight is 277 g/mol. The van der Waals surface area contributed by atoms with Gasteiger partial charge in [-0.25, -0.2) is 0 Å². The summed E-state index contributed by atoms with van der Waals surface area (Å²) in [6.07, 6.45) is 10.7. The van der Waals surface area contributed by atoms with E-state index < -0.39 is 0 Å². The Morgan fingerprint density at radius 3 is 1.75 bits per heavy atom. The van der Waals surface area contributed by atoms with Crippen molar-refractivity contribution in [2.24, 2.45) is 0 Å².